The van der Waals surface area contributed by atoms with Crippen LogP contribution >= 0.6 is 0 Å². The van der Waals surface area contributed by atoms with Gasteiger partial charge in [0.15, 0.2) is 7.28 Å². The van der Waals surface area contributed by atoms with E-state index < -0.39 is 0 Å². The number of hydrogen-bond acceptors (Lipinski definition) is 1. The van der Waals surface area contributed by atoms with Crippen molar-refractivity contribution in [2.75, 3.05) is 0 Å². The van der Waals surface area contributed by atoms with Crippen molar-refractivity contribution in [2.45, 2.75) is 26.2 Å². The zero-order chi connectivity index (χ0) is 16.2. The van der Waals surface area contributed by atoms with Crippen LogP contribution in [0.1, 0.15) is 25.3 Å². The number of benzene rings is 2. The van der Waals surface area contributed by atoms with Crippen molar-refractivity contribution in [2.24, 2.45) is 0 Å². The Balaban J connectivity index is 0.000000238. The van der Waals surface area contributed by atoms with Gasteiger partial charge in [-0.2, -0.15) is 0 Å². The van der Waals surface area contributed by atoms with Gasteiger partial charge in [0.1, 0.15) is 0 Å². The molecule has 0 atom stereocenters. The lowest BCUT2D eigenvalue weighted by Crippen LogP contribution is -2.26. The molecule has 0 fully saturated rings. The lowest BCUT2D eigenvalue weighted by atomic mass is 9.64. The van der Waals surface area contributed by atoms with Gasteiger partial charge in [0.2, 0.25) is 0 Å². The van der Waals surface area contributed by atoms with Crippen LogP contribution in [-0.4, -0.2) is 17.7 Å². The molecule has 123 valence electrons. The quantitative estimate of drug-likeness (QED) is 0.667. The molecule has 0 saturated carbocycles. The third kappa shape index (κ3) is 7.75. The van der Waals surface area contributed by atoms with Crippen molar-refractivity contribution in [3.05, 3.63) is 90.8 Å². The number of nitrogens with zero attached hydrogens (tertiary/aromatic N) is 1. The fraction of sp³-hybridized carbons (Fsp3) is 0.190. The normalized spacial score (nSPS) is 9.21. The van der Waals surface area contributed by atoms with Crippen LogP contribution in [0.3, 0.4) is 0 Å². The summed E-state index contributed by atoms with van der Waals surface area (Å²) >= 11 is 0. The van der Waals surface area contributed by atoms with E-state index >= 15 is 0 Å². The van der Waals surface area contributed by atoms with Crippen LogP contribution in [0.5, 0.6) is 0 Å². The Morgan fingerprint density at radius 2 is 1.38 bits per heavy atom. The summed E-state index contributed by atoms with van der Waals surface area (Å²) in [6.45, 7) is 2.20. The summed E-state index contributed by atoms with van der Waals surface area (Å²) in [7, 11) is 2.17. The number of aromatic nitrogens is 1. The molecule has 1 radical (unpaired) electrons. The molecule has 3 aromatic rings. The zero-order valence-corrected chi connectivity index (χ0v) is 14.2. The van der Waals surface area contributed by atoms with Gasteiger partial charge in [0.25, 0.3) is 0 Å². The summed E-state index contributed by atoms with van der Waals surface area (Å²) in [4.78, 5) is 4.04. The standard InChI is InChI=1S/C12H10B.C9H13N.H2O/c1-3-7-11(8-4-1)13-12-9-5-2-6-10-12;1-2-3-5-9-6-4-7-10-8-9;/h1-10H;4,6-8H,2-3,5H2,1H3;1H2. The molecule has 0 bridgehead atoms. The molecule has 3 heteroatoms. The molecule has 0 amide bonds. The Kier molecular flexibility index (Phi) is 9.90. The maximum Gasteiger partial charge on any atom is 0.191 e. The molecule has 24 heavy (non-hydrogen) atoms. The fourth-order valence-electron chi connectivity index (χ4n) is 2.22. The zero-order valence-electron chi connectivity index (χ0n) is 14.2. The van der Waals surface area contributed by atoms with E-state index in [0.717, 1.165) is 0 Å². The van der Waals surface area contributed by atoms with Crippen molar-refractivity contribution in [1.82, 2.24) is 4.98 Å². The van der Waals surface area contributed by atoms with Gasteiger partial charge in [-0.3, -0.25) is 4.98 Å². The molecule has 2 nitrogen and oxygen atoms in total. The number of pyridine rings is 1. The van der Waals surface area contributed by atoms with Crippen LogP contribution in [0.2, 0.25) is 0 Å². The predicted molar refractivity (Wildman–Crippen MR) is 104 cm³/mol. The van der Waals surface area contributed by atoms with E-state index in [1.165, 1.54) is 35.8 Å². The minimum Gasteiger partial charge on any atom is -0.412 e. The van der Waals surface area contributed by atoms with Crippen LogP contribution in [0, 0.1) is 0 Å². The van der Waals surface area contributed by atoms with Crippen LogP contribution in [-0.2, 0) is 6.42 Å². The molecule has 0 spiro atoms. The Bertz CT molecular complexity index is 607. The average Bonchev–Trinajstić information content (AvgIpc) is 2.63. The first-order valence-electron chi connectivity index (χ1n) is 8.22. The fourth-order valence-corrected chi connectivity index (χ4v) is 2.22. The summed E-state index contributed by atoms with van der Waals surface area (Å²) in [5.41, 5.74) is 3.84. The second-order valence-electron chi connectivity index (χ2n) is 5.43. The van der Waals surface area contributed by atoms with E-state index in [-0.39, 0.29) is 5.48 Å². The Morgan fingerprint density at radius 1 is 0.792 bits per heavy atom. The van der Waals surface area contributed by atoms with Crippen molar-refractivity contribution in [3.63, 3.8) is 0 Å². The lowest BCUT2D eigenvalue weighted by molar-refractivity contribution is 0.792. The third-order valence-electron chi connectivity index (χ3n) is 3.47. The van der Waals surface area contributed by atoms with E-state index in [0.29, 0.717) is 0 Å². The number of aryl methyl sites for hydroxylation is 1. The first kappa shape index (κ1) is 19.7. The lowest BCUT2D eigenvalue weighted by Gasteiger charge is -1.98. The van der Waals surface area contributed by atoms with Gasteiger partial charge < -0.3 is 5.48 Å². The summed E-state index contributed by atoms with van der Waals surface area (Å²) in [5.74, 6) is 0. The molecule has 0 aliphatic rings. The van der Waals surface area contributed by atoms with E-state index in [1.54, 1.807) is 0 Å². The van der Waals surface area contributed by atoms with Crippen LogP contribution < -0.4 is 10.9 Å². The van der Waals surface area contributed by atoms with Gasteiger partial charge in [-0.05, 0) is 24.5 Å². The molecular weight excluding hydrogens is 293 g/mol. The highest BCUT2D eigenvalue weighted by atomic mass is 16.0. The third-order valence-corrected chi connectivity index (χ3v) is 3.47. The molecule has 2 aromatic carbocycles. The summed E-state index contributed by atoms with van der Waals surface area (Å²) < 4.78 is 0. The Labute approximate surface area is 146 Å². The monoisotopic (exact) mass is 318 g/mol. The maximum atomic E-state index is 4.04. The second kappa shape index (κ2) is 12.1. The largest absolute Gasteiger partial charge is 0.412 e. The minimum absolute atomic E-state index is 0. The number of unbranched alkanes of at least 4 members (excludes halogenated alkanes) is 1. The molecule has 0 unspecified atom stereocenters. The van der Waals surface area contributed by atoms with Gasteiger partial charge in [-0.25, -0.2) is 0 Å². The highest BCUT2D eigenvalue weighted by Crippen LogP contribution is 2.01. The van der Waals surface area contributed by atoms with Crippen molar-refractivity contribution in [3.8, 4) is 0 Å². The second-order valence-corrected chi connectivity index (χ2v) is 5.43. The molecule has 0 saturated heterocycles. The van der Waals surface area contributed by atoms with Gasteiger partial charge >= 0.3 is 0 Å². The summed E-state index contributed by atoms with van der Waals surface area (Å²) in [6.07, 6.45) is 7.45. The van der Waals surface area contributed by atoms with Gasteiger partial charge in [-0.15, -0.1) is 0 Å². The Hall–Kier alpha value is -2.39. The highest BCUT2D eigenvalue weighted by molar-refractivity contribution is 6.67. The molecule has 1 heterocycles. The van der Waals surface area contributed by atoms with Gasteiger partial charge in [0, 0.05) is 12.4 Å². The van der Waals surface area contributed by atoms with Crippen LogP contribution in [0.25, 0.3) is 0 Å². The topological polar surface area (TPSA) is 44.4 Å². The van der Waals surface area contributed by atoms with Crippen molar-refractivity contribution in [1.29, 1.82) is 0 Å². The van der Waals surface area contributed by atoms with Crippen LogP contribution in [0.4, 0.5) is 0 Å². The highest BCUT2D eigenvalue weighted by Gasteiger charge is 1.95. The molecule has 0 aliphatic carbocycles. The Morgan fingerprint density at radius 3 is 1.83 bits per heavy atom. The van der Waals surface area contributed by atoms with Crippen LogP contribution in [0.15, 0.2) is 85.2 Å². The smallest absolute Gasteiger partial charge is 0.191 e. The minimum atomic E-state index is 0. The molecule has 3 rings (SSSR count). The van der Waals surface area contributed by atoms with Gasteiger partial charge in [-0.1, -0.05) is 91.0 Å². The number of hydrogen-bond donors (Lipinski definition) is 0. The summed E-state index contributed by atoms with van der Waals surface area (Å²) in [6, 6.07) is 24.8. The average molecular weight is 318 g/mol. The summed E-state index contributed by atoms with van der Waals surface area (Å²) in [5, 5.41) is 0. The maximum absolute atomic E-state index is 4.04. The molecule has 1 aromatic heterocycles. The van der Waals surface area contributed by atoms with E-state index in [2.05, 4.69) is 73.8 Å². The molecule has 2 N–H and O–H groups in total. The van der Waals surface area contributed by atoms with E-state index in [9.17, 15) is 0 Å². The van der Waals surface area contributed by atoms with Crippen molar-refractivity contribution < 1.29 is 5.48 Å². The van der Waals surface area contributed by atoms with Crippen molar-refractivity contribution >= 4 is 18.2 Å². The predicted octanol–water partition coefficient (Wildman–Crippen LogP) is 2.94. The van der Waals surface area contributed by atoms with E-state index in [1.807, 2.05) is 30.6 Å². The molecule has 0 aliphatic heterocycles. The van der Waals surface area contributed by atoms with E-state index in [4.69, 9.17) is 0 Å². The first-order valence-corrected chi connectivity index (χ1v) is 8.22. The number of rotatable bonds is 5. The first-order chi connectivity index (χ1) is 11.4. The SMILES string of the molecule is CCCCc1cccnc1.O.[B](c1ccccc1)c1ccccc1. The van der Waals surface area contributed by atoms with Gasteiger partial charge in [0.05, 0.1) is 0 Å². The molecular formula is C21H25BNO.